The molecular weight excluding hydrogens is 211 g/mol. The molecule has 13 heavy (non-hydrogen) atoms. The third-order valence-corrected chi connectivity index (χ3v) is 2.56. The number of halogens is 2. The molecule has 0 fully saturated rings. The summed E-state index contributed by atoms with van der Waals surface area (Å²) in [7, 11) is 0. The zero-order chi connectivity index (χ0) is 9.59. The molecule has 0 aliphatic carbocycles. The lowest BCUT2D eigenvalue weighted by atomic mass is 10.3. The van der Waals surface area contributed by atoms with Gasteiger partial charge in [-0.3, -0.25) is 0 Å². The highest BCUT2D eigenvalue weighted by Gasteiger charge is 2.12. The number of anilines is 1. The number of nitrogens with two attached hydrogens (primary N) is 1. The van der Waals surface area contributed by atoms with E-state index in [4.69, 9.17) is 33.4 Å². The molecule has 1 aromatic heterocycles. The highest BCUT2D eigenvalue weighted by atomic mass is 35.5. The predicted molar refractivity (Wildman–Crippen MR) is 53.2 cm³/mol. The average Bonchev–Trinajstić information content (AvgIpc) is 2.42. The average molecular weight is 217 g/mol. The van der Waals surface area contributed by atoms with Crippen LogP contribution in [0.4, 0.5) is 5.69 Å². The topological polar surface area (TPSA) is 52.0 Å². The van der Waals surface area contributed by atoms with E-state index in [0.29, 0.717) is 32.7 Å². The van der Waals surface area contributed by atoms with Crippen molar-refractivity contribution in [3.05, 3.63) is 22.0 Å². The van der Waals surface area contributed by atoms with Crippen LogP contribution < -0.4 is 5.73 Å². The first-order valence-corrected chi connectivity index (χ1v) is 4.36. The van der Waals surface area contributed by atoms with Crippen molar-refractivity contribution in [3.63, 3.8) is 0 Å². The third-order valence-electron chi connectivity index (χ3n) is 1.70. The second kappa shape index (κ2) is 2.79. The van der Waals surface area contributed by atoms with Gasteiger partial charge in [-0.15, -0.1) is 0 Å². The van der Waals surface area contributed by atoms with Gasteiger partial charge in [-0.2, -0.15) is 0 Å². The molecule has 0 bridgehead atoms. The molecule has 0 saturated heterocycles. The molecule has 3 nitrogen and oxygen atoms in total. The Balaban J connectivity index is 2.92. The van der Waals surface area contributed by atoms with Gasteiger partial charge in [0.25, 0.3) is 0 Å². The lowest BCUT2D eigenvalue weighted by Gasteiger charge is -1.98. The molecule has 0 aliphatic heterocycles. The Bertz CT molecular complexity index is 478. The summed E-state index contributed by atoms with van der Waals surface area (Å²) in [6.07, 6.45) is 0. The van der Waals surface area contributed by atoms with Gasteiger partial charge in [0.05, 0.1) is 10.7 Å². The summed E-state index contributed by atoms with van der Waals surface area (Å²) in [4.78, 5) is 4.09. The Kier molecular flexibility index (Phi) is 1.86. The number of benzene rings is 1. The molecule has 0 amide bonds. The first-order valence-electron chi connectivity index (χ1n) is 3.60. The molecule has 2 N–H and O–H groups in total. The van der Waals surface area contributed by atoms with Crippen LogP contribution in [0.15, 0.2) is 10.5 Å². The largest absolute Gasteiger partial charge is 0.439 e. The lowest BCUT2D eigenvalue weighted by molar-refractivity contribution is 0.561. The standard InChI is InChI=1S/C8H6Cl2N2O/c1-3-12-5-2-4(11)6(9)7(10)8(5)13-3/h2H,11H2,1H3. The highest BCUT2D eigenvalue weighted by Crippen LogP contribution is 2.35. The van der Waals surface area contributed by atoms with E-state index in [-0.39, 0.29) is 0 Å². The van der Waals surface area contributed by atoms with Crippen LogP contribution >= 0.6 is 23.2 Å². The number of hydrogen-bond donors (Lipinski definition) is 1. The molecule has 2 aromatic rings. The number of hydrogen-bond acceptors (Lipinski definition) is 3. The van der Waals surface area contributed by atoms with Crippen molar-refractivity contribution in [2.24, 2.45) is 0 Å². The third kappa shape index (κ3) is 1.24. The summed E-state index contributed by atoms with van der Waals surface area (Å²) < 4.78 is 5.25. The van der Waals surface area contributed by atoms with Crippen molar-refractivity contribution < 1.29 is 4.42 Å². The Morgan fingerprint density at radius 1 is 1.38 bits per heavy atom. The number of aromatic nitrogens is 1. The molecule has 68 valence electrons. The molecule has 5 heteroatoms. The number of oxazole rings is 1. The fourth-order valence-electron chi connectivity index (χ4n) is 1.14. The zero-order valence-electron chi connectivity index (χ0n) is 6.77. The lowest BCUT2D eigenvalue weighted by Crippen LogP contribution is -1.86. The molecule has 0 radical (unpaired) electrons. The van der Waals surface area contributed by atoms with Gasteiger partial charge in [0.1, 0.15) is 10.5 Å². The van der Waals surface area contributed by atoms with Crippen molar-refractivity contribution in [2.75, 3.05) is 5.73 Å². The van der Waals surface area contributed by atoms with Crippen LogP contribution in [0.3, 0.4) is 0 Å². The van der Waals surface area contributed by atoms with Crippen LogP contribution in [0.2, 0.25) is 10.0 Å². The van der Waals surface area contributed by atoms with Gasteiger partial charge in [-0.25, -0.2) is 4.98 Å². The van der Waals surface area contributed by atoms with Gasteiger partial charge < -0.3 is 10.2 Å². The SMILES string of the molecule is Cc1nc2cc(N)c(Cl)c(Cl)c2o1. The van der Waals surface area contributed by atoms with Gasteiger partial charge in [-0.05, 0) is 6.07 Å². The maximum absolute atomic E-state index is 5.90. The van der Waals surface area contributed by atoms with Crippen molar-refractivity contribution >= 4 is 40.0 Å². The normalized spacial score (nSPS) is 11.0. The first-order chi connectivity index (χ1) is 6.09. The van der Waals surface area contributed by atoms with E-state index in [1.165, 1.54) is 0 Å². The van der Waals surface area contributed by atoms with Crippen molar-refractivity contribution in [3.8, 4) is 0 Å². The number of nitrogens with zero attached hydrogens (tertiary/aromatic N) is 1. The van der Waals surface area contributed by atoms with E-state index in [9.17, 15) is 0 Å². The molecule has 2 rings (SSSR count). The Morgan fingerprint density at radius 2 is 2.08 bits per heavy atom. The second-order valence-electron chi connectivity index (χ2n) is 2.67. The summed E-state index contributed by atoms with van der Waals surface area (Å²) in [5.41, 5.74) is 7.12. The Labute approximate surface area is 84.4 Å². The Morgan fingerprint density at radius 3 is 2.77 bits per heavy atom. The maximum atomic E-state index is 5.90. The van der Waals surface area contributed by atoms with Crippen molar-refractivity contribution in [1.29, 1.82) is 0 Å². The minimum absolute atomic E-state index is 0.310. The van der Waals surface area contributed by atoms with Gasteiger partial charge in [0, 0.05) is 6.92 Å². The van der Waals surface area contributed by atoms with E-state index in [1.807, 2.05) is 0 Å². The molecule has 0 saturated carbocycles. The summed E-state index contributed by atoms with van der Waals surface area (Å²) in [5.74, 6) is 0.540. The quantitative estimate of drug-likeness (QED) is 0.690. The van der Waals surface area contributed by atoms with Gasteiger partial charge in [0.2, 0.25) is 0 Å². The number of aryl methyl sites for hydroxylation is 1. The molecule has 0 atom stereocenters. The summed E-state index contributed by atoms with van der Waals surface area (Å²) >= 11 is 11.7. The monoisotopic (exact) mass is 216 g/mol. The Hall–Kier alpha value is -0.930. The summed E-state index contributed by atoms with van der Waals surface area (Å²) in [5, 5.41) is 0.627. The van der Waals surface area contributed by atoms with Gasteiger partial charge in [0.15, 0.2) is 11.5 Å². The van der Waals surface area contributed by atoms with Crippen LogP contribution in [-0.4, -0.2) is 4.98 Å². The number of nitrogen functional groups attached to an aromatic ring is 1. The zero-order valence-corrected chi connectivity index (χ0v) is 8.28. The van der Waals surface area contributed by atoms with Gasteiger partial charge in [-0.1, -0.05) is 23.2 Å². The predicted octanol–water partition coefficient (Wildman–Crippen LogP) is 3.03. The minimum Gasteiger partial charge on any atom is -0.439 e. The summed E-state index contributed by atoms with van der Waals surface area (Å²) in [6, 6.07) is 1.64. The van der Waals surface area contributed by atoms with E-state index in [2.05, 4.69) is 4.98 Å². The minimum atomic E-state index is 0.310. The molecule has 0 unspecified atom stereocenters. The number of rotatable bonds is 0. The van der Waals surface area contributed by atoms with Crippen LogP contribution in [0.1, 0.15) is 5.89 Å². The fourth-order valence-corrected chi connectivity index (χ4v) is 1.52. The molecule has 1 heterocycles. The van der Waals surface area contributed by atoms with Crippen LogP contribution in [0.5, 0.6) is 0 Å². The molecular formula is C8H6Cl2N2O. The van der Waals surface area contributed by atoms with Crippen molar-refractivity contribution in [1.82, 2.24) is 4.98 Å². The van der Waals surface area contributed by atoms with E-state index in [1.54, 1.807) is 13.0 Å². The van der Waals surface area contributed by atoms with Crippen LogP contribution in [-0.2, 0) is 0 Å². The van der Waals surface area contributed by atoms with E-state index < -0.39 is 0 Å². The second-order valence-corrected chi connectivity index (χ2v) is 3.43. The fraction of sp³-hybridized carbons (Fsp3) is 0.125. The van der Waals surface area contributed by atoms with Crippen LogP contribution in [0, 0.1) is 6.92 Å². The summed E-state index contributed by atoms with van der Waals surface area (Å²) in [6.45, 7) is 1.74. The molecule has 0 aliphatic rings. The first kappa shape index (κ1) is 8.66. The molecule has 0 spiro atoms. The van der Waals surface area contributed by atoms with E-state index in [0.717, 1.165) is 0 Å². The number of fused-ring (bicyclic) bond motifs is 1. The van der Waals surface area contributed by atoms with E-state index >= 15 is 0 Å². The maximum Gasteiger partial charge on any atom is 0.192 e. The van der Waals surface area contributed by atoms with Gasteiger partial charge >= 0.3 is 0 Å². The van der Waals surface area contributed by atoms with Crippen LogP contribution in [0.25, 0.3) is 11.1 Å². The smallest absolute Gasteiger partial charge is 0.192 e. The highest BCUT2D eigenvalue weighted by molar-refractivity contribution is 6.46. The molecule has 1 aromatic carbocycles. The van der Waals surface area contributed by atoms with Crippen molar-refractivity contribution in [2.45, 2.75) is 6.92 Å².